The van der Waals surface area contributed by atoms with E-state index >= 15 is 0 Å². The van der Waals surface area contributed by atoms with Crippen molar-refractivity contribution in [3.63, 3.8) is 0 Å². The Kier molecular flexibility index (Phi) is 4.23. The van der Waals surface area contributed by atoms with Gasteiger partial charge in [0.25, 0.3) is 0 Å². The Hall–Kier alpha value is -2.41. The molecule has 0 aliphatic carbocycles. The molecule has 0 spiro atoms. The van der Waals surface area contributed by atoms with E-state index < -0.39 is 17.8 Å². The zero-order valence-corrected chi connectivity index (χ0v) is 11.4. The summed E-state index contributed by atoms with van der Waals surface area (Å²) in [6.45, 7) is 1.69. The number of benzene rings is 2. The molecule has 1 N–H and O–H groups in total. The average molecular weight is 289 g/mol. The van der Waals surface area contributed by atoms with Crippen LogP contribution in [-0.2, 0) is 6.18 Å². The normalized spacial score (nSPS) is 12.5. The van der Waals surface area contributed by atoms with Crippen LogP contribution in [0.3, 0.4) is 0 Å². The molecule has 0 radical (unpaired) electrons. The molecule has 0 aliphatic heterocycles. The zero-order valence-electron chi connectivity index (χ0n) is 11.4. The maximum atomic E-state index is 13.0. The highest BCUT2D eigenvalue weighted by atomic mass is 19.4. The van der Waals surface area contributed by atoms with Gasteiger partial charge < -0.3 is 5.32 Å². The molecule has 0 saturated carbocycles. The quantitative estimate of drug-likeness (QED) is 0.796. The van der Waals surface area contributed by atoms with Crippen LogP contribution in [0, 0.1) is 12.3 Å². The molecule has 0 amide bonds. The second-order valence-electron chi connectivity index (χ2n) is 4.68. The predicted octanol–water partition coefficient (Wildman–Crippen LogP) is 4.86. The van der Waals surface area contributed by atoms with Crippen molar-refractivity contribution in [2.45, 2.75) is 19.1 Å². The third kappa shape index (κ3) is 3.57. The molecule has 2 aromatic carbocycles. The molecular formula is C17H14F3N. The van der Waals surface area contributed by atoms with Gasteiger partial charge in [-0.1, -0.05) is 30.2 Å². The Bertz CT molecular complexity index is 668. The molecule has 108 valence electrons. The van der Waals surface area contributed by atoms with Gasteiger partial charge in [-0.05, 0) is 36.8 Å². The zero-order chi connectivity index (χ0) is 15.5. The van der Waals surface area contributed by atoms with E-state index in [2.05, 4.69) is 11.2 Å². The van der Waals surface area contributed by atoms with E-state index in [0.29, 0.717) is 11.3 Å². The smallest absolute Gasteiger partial charge is 0.378 e. The van der Waals surface area contributed by atoms with E-state index in [4.69, 9.17) is 6.42 Å². The third-order valence-corrected chi connectivity index (χ3v) is 3.15. The lowest BCUT2D eigenvalue weighted by atomic mass is 10.0. The van der Waals surface area contributed by atoms with Crippen LogP contribution >= 0.6 is 0 Å². The van der Waals surface area contributed by atoms with Gasteiger partial charge in [-0.3, -0.25) is 0 Å². The van der Waals surface area contributed by atoms with Crippen molar-refractivity contribution >= 4 is 5.69 Å². The van der Waals surface area contributed by atoms with Gasteiger partial charge in [0.05, 0.1) is 5.56 Å². The van der Waals surface area contributed by atoms with Gasteiger partial charge in [-0.2, -0.15) is 13.2 Å². The van der Waals surface area contributed by atoms with E-state index in [1.807, 2.05) is 0 Å². The first-order chi connectivity index (χ1) is 9.91. The van der Waals surface area contributed by atoms with Crippen LogP contribution < -0.4 is 5.32 Å². The first-order valence-corrected chi connectivity index (χ1v) is 6.41. The van der Waals surface area contributed by atoms with Crippen molar-refractivity contribution in [3.8, 4) is 12.3 Å². The summed E-state index contributed by atoms with van der Waals surface area (Å²) in [6.07, 6.45) is 0.947. The van der Waals surface area contributed by atoms with E-state index in [1.54, 1.807) is 37.3 Å². The molecule has 1 unspecified atom stereocenters. The maximum Gasteiger partial charge on any atom is 0.416 e. The molecule has 0 fully saturated rings. The number of rotatable bonds is 3. The summed E-state index contributed by atoms with van der Waals surface area (Å²) in [5.74, 6) is 2.50. The molecule has 21 heavy (non-hydrogen) atoms. The summed E-state index contributed by atoms with van der Waals surface area (Å²) in [4.78, 5) is 0. The molecule has 0 bridgehead atoms. The molecule has 0 saturated heterocycles. The van der Waals surface area contributed by atoms with Crippen LogP contribution in [0.1, 0.15) is 29.7 Å². The van der Waals surface area contributed by atoms with Gasteiger partial charge in [0, 0.05) is 17.3 Å². The lowest BCUT2D eigenvalue weighted by Gasteiger charge is -2.20. The Balaban J connectivity index is 2.29. The number of hydrogen-bond donors (Lipinski definition) is 1. The molecule has 1 atom stereocenters. The predicted molar refractivity (Wildman–Crippen MR) is 77.9 cm³/mol. The minimum atomic E-state index is -4.37. The molecule has 0 aliphatic rings. The Morgan fingerprint density at radius 2 is 1.81 bits per heavy atom. The fourth-order valence-corrected chi connectivity index (χ4v) is 2.16. The lowest BCUT2D eigenvalue weighted by molar-refractivity contribution is -0.138. The summed E-state index contributed by atoms with van der Waals surface area (Å²) in [5, 5.41) is 3.05. The largest absolute Gasteiger partial charge is 0.416 e. The summed E-state index contributed by atoms with van der Waals surface area (Å²) in [6, 6.07) is 12.1. The SMILES string of the molecule is C#Cc1cccc(NC(C)c2ccccc2C(F)(F)F)c1. The fourth-order valence-electron chi connectivity index (χ4n) is 2.16. The highest BCUT2D eigenvalue weighted by molar-refractivity contribution is 5.52. The van der Waals surface area contributed by atoms with Crippen molar-refractivity contribution in [1.29, 1.82) is 0 Å². The van der Waals surface area contributed by atoms with Gasteiger partial charge in [0.1, 0.15) is 0 Å². The van der Waals surface area contributed by atoms with Crippen LogP contribution in [0.5, 0.6) is 0 Å². The van der Waals surface area contributed by atoms with Crippen molar-refractivity contribution in [3.05, 3.63) is 65.2 Å². The third-order valence-electron chi connectivity index (χ3n) is 3.15. The van der Waals surface area contributed by atoms with Crippen molar-refractivity contribution in [2.24, 2.45) is 0 Å². The molecule has 2 aromatic rings. The maximum absolute atomic E-state index is 13.0. The second kappa shape index (κ2) is 5.92. The second-order valence-corrected chi connectivity index (χ2v) is 4.68. The molecule has 0 heterocycles. The minimum absolute atomic E-state index is 0.205. The number of terminal acetylenes is 1. The summed E-state index contributed by atoms with van der Waals surface area (Å²) >= 11 is 0. The van der Waals surface area contributed by atoms with Crippen LogP contribution in [-0.4, -0.2) is 0 Å². The fraction of sp³-hybridized carbons (Fsp3) is 0.176. The van der Waals surface area contributed by atoms with Crippen molar-refractivity contribution < 1.29 is 13.2 Å². The topological polar surface area (TPSA) is 12.0 Å². The van der Waals surface area contributed by atoms with E-state index in [-0.39, 0.29) is 5.56 Å². The van der Waals surface area contributed by atoms with Gasteiger partial charge >= 0.3 is 6.18 Å². The monoisotopic (exact) mass is 289 g/mol. The number of hydrogen-bond acceptors (Lipinski definition) is 1. The van der Waals surface area contributed by atoms with Crippen molar-refractivity contribution in [2.75, 3.05) is 5.32 Å². The number of anilines is 1. The summed E-state index contributed by atoms with van der Waals surface area (Å²) in [5.41, 5.74) is 0.945. The molecule has 4 heteroatoms. The van der Waals surface area contributed by atoms with Crippen LogP contribution in [0.15, 0.2) is 48.5 Å². The van der Waals surface area contributed by atoms with Gasteiger partial charge in [0.15, 0.2) is 0 Å². The Labute approximate surface area is 121 Å². The summed E-state index contributed by atoms with van der Waals surface area (Å²) in [7, 11) is 0. The molecule has 1 nitrogen and oxygen atoms in total. The van der Waals surface area contributed by atoms with Crippen LogP contribution in [0.2, 0.25) is 0 Å². The Morgan fingerprint density at radius 3 is 2.48 bits per heavy atom. The van der Waals surface area contributed by atoms with Crippen LogP contribution in [0.4, 0.5) is 18.9 Å². The lowest BCUT2D eigenvalue weighted by Crippen LogP contribution is -2.15. The molecule has 0 aromatic heterocycles. The minimum Gasteiger partial charge on any atom is -0.378 e. The molecular weight excluding hydrogens is 275 g/mol. The van der Waals surface area contributed by atoms with Crippen LogP contribution in [0.25, 0.3) is 0 Å². The van der Waals surface area contributed by atoms with Crippen molar-refractivity contribution in [1.82, 2.24) is 0 Å². The number of nitrogens with one attached hydrogen (secondary N) is 1. The van der Waals surface area contributed by atoms with E-state index in [9.17, 15) is 13.2 Å². The number of halogens is 3. The average Bonchev–Trinajstić information content (AvgIpc) is 2.46. The summed E-state index contributed by atoms with van der Waals surface area (Å²) < 4.78 is 39.0. The number of alkyl halides is 3. The first-order valence-electron chi connectivity index (χ1n) is 6.41. The van der Waals surface area contributed by atoms with E-state index in [1.165, 1.54) is 12.1 Å². The van der Waals surface area contributed by atoms with E-state index in [0.717, 1.165) is 6.07 Å². The highest BCUT2D eigenvalue weighted by Crippen LogP contribution is 2.35. The standard InChI is InChI=1S/C17H14F3N/c1-3-13-7-6-8-14(11-13)21-12(2)15-9-4-5-10-16(15)17(18,19)20/h1,4-12,21H,2H3. The Morgan fingerprint density at radius 1 is 1.10 bits per heavy atom. The highest BCUT2D eigenvalue weighted by Gasteiger charge is 2.34. The van der Waals surface area contributed by atoms with Gasteiger partial charge in [-0.25, -0.2) is 0 Å². The first kappa shape index (κ1) is 15.0. The van der Waals surface area contributed by atoms with Gasteiger partial charge in [0.2, 0.25) is 0 Å². The van der Waals surface area contributed by atoms with Gasteiger partial charge in [-0.15, -0.1) is 6.42 Å². The molecule has 2 rings (SSSR count).